The Bertz CT molecular complexity index is 552. The average Bonchev–Trinajstić information content (AvgIpc) is 2.67. The van der Waals surface area contributed by atoms with Gasteiger partial charge in [0.1, 0.15) is 0 Å². The number of hydrogen-bond donors (Lipinski definition) is 2. The monoisotopic (exact) mass is 229 g/mol. The van der Waals surface area contributed by atoms with Crippen LogP contribution in [0.1, 0.15) is 27.9 Å². The molecule has 2 N–H and O–H groups in total. The Kier molecular flexibility index (Phi) is 3.07. The van der Waals surface area contributed by atoms with Gasteiger partial charge in [0.25, 0.3) is 0 Å². The number of nitrogens with one attached hydrogen (secondary N) is 1. The molecule has 2 heteroatoms. The molecule has 0 unspecified atom stereocenters. The molecule has 2 aromatic rings. The second-order valence-corrected chi connectivity index (χ2v) is 4.67. The van der Waals surface area contributed by atoms with Gasteiger partial charge in [-0.1, -0.05) is 12.1 Å². The Balaban J connectivity index is 2.57. The predicted molar refractivity (Wildman–Crippen MR) is 71.1 cm³/mol. The van der Waals surface area contributed by atoms with E-state index in [1.165, 1.54) is 22.3 Å². The largest absolute Gasteiger partial charge is 0.392 e. The lowest BCUT2D eigenvalue weighted by Crippen LogP contribution is -1.90. The molecule has 0 radical (unpaired) electrons. The summed E-state index contributed by atoms with van der Waals surface area (Å²) in [6.45, 7) is 8.51. The van der Waals surface area contributed by atoms with Crippen LogP contribution in [0, 0.1) is 27.7 Å². The normalized spacial score (nSPS) is 10.9. The van der Waals surface area contributed by atoms with Crippen molar-refractivity contribution in [3.05, 3.63) is 46.1 Å². The highest BCUT2D eigenvalue weighted by Gasteiger charge is 2.09. The predicted octanol–water partition coefficient (Wildman–Crippen LogP) is 3.41. The molecule has 17 heavy (non-hydrogen) atoms. The summed E-state index contributed by atoms with van der Waals surface area (Å²) in [7, 11) is 0. The van der Waals surface area contributed by atoms with Crippen LogP contribution in [0.5, 0.6) is 0 Å². The third-order valence-corrected chi connectivity index (χ3v) is 3.64. The first-order valence-electron chi connectivity index (χ1n) is 5.91. The van der Waals surface area contributed by atoms with Crippen molar-refractivity contribution >= 4 is 0 Å². The average molecular weight is 229 g/mol. The topological polar surface area (TPSA) is 36.0 Å². The highest BCUT2D eigenvalue weighted by Crippen LogP contribution is 2.28. The molecule has 0 spiro atoms. The van der Waals surface area contributed by atoms with Crippen LogP contribution in [0.3, 0.4) is 0 Å². The van der Waals surface area contributed by atoms with Crippen molar-refractivity contribution < 1.29 is 5.11 Å². The number of benzene rings is 1. The van der Waals surface area contributed by atoms with E-state index in [1.54, 1.807) is 0 Å². The van der Waals surface area contributed by atoms with Gasteiger partial charge in [-0.2, -0.15) is 0 Å². The smallest absolute Gasteiger partial charge is 0.0699 e. The van der Waals surface area contributed by atoms with Crippen LogP contribution >= 0.6 is 0 Å². The van der Waals surface area contributed by atoms with E-state index >= 15 is 0 Å². The highest BCUT2D eigenvalue weighted by atomic mass is 16.3. The second kappa shape index (κ2) is 4.38. The van der Waals surface area contributed by atoms with Gasteiger partial charge in [-0.15, -0.1) is 0 Å². The molecule has 0 bridgehead atoms. The number of aliphatic hydroxyl groups excluding tert-OH is 1. The molecule has 1 aromatic heterocycles. The Morgan fingerprint density at radius 1 is 1.06 bits per heavy atom. The summed E-state index contributed by atoms with van der Waals surface area (Å²) in [4.78, 5) is 3.34. The van der Waals surface area contributed by atoms with Gasteiger partial charge in [0, 0.05) is 17.0 Å². The fourth-order valence-electron chi connectivity index (χ4n) is 2.16. The Labute approximate surface area is 102 Å². The van der Waals surface area contributed by atoms with E-state index in [0.29, 0.717) is 0 Å². The minimum atomic E-state index is 0.0895. The van der Waals surface area contributed by atoms with Gasteiger partial charge >= 0.3 is 0 Å². The Hall–Kier alpha value is -1.54. The molecule has 0 saturated carbocycles. The number of aryl methyl sites for hydroxylation is 2. The Morgan fingerprint density at radius 2 is 1.76 bits per heavy atom. The summed E-state index contributed by atoms with van der Waals surface area (Å²) in [5.41, 5.74) is 8.27. The van der Waals surface area contributed by atoms with Gasteiger partial charge < -0.3 is 10.1 Å². The summed E-state index contributed by atoms with van der Waals surface area (Å²) < 4.78 is 0. The first kappa shape index (κ1) is 11.9. The summed E-state index contributed by atoms with van der Waals surface area (Å²) in [5.74, 6) is 0. The number of H-pyrrole nitrogens is 1. The van der Waals surface area contributed by atoms with E-state index in [1.807, 2.05) is 13.0 Å². The van der Waals surface area contributed by atoms with Crippen LogP contribution in [0.15, 0.2) is 18.2 Å². The molecule has 0 amide bonds. The minimum absolute atomic E-state index is 0.0895. The first-order chi connectivity index (χ1) is 8.04. The van der Waals surface area contributed by atoms with Crippen molar-refractivity contribution in [2.45, 2.75) is 34.3 Å². The van der Waals surface area contributed by atoms with Crippen LogP contribution in [-0.4, -0.2) is 10.1 Å². The van der Waals surface area contributed by atoms with Gasteiger partial charge in [0.15, 0.2) is 0 Å². The van der Waals surface area contributed by atoms with Crippen molar-refractivity contribution in [3.8, 4) is 11.3 Å². The van der Waals surface area contributed by atoms with Gasteiger partial charge in [-0.25, -0.2) is 0 Å². The zero-order valence-corrected chi connectivity index (χ0v) is 10.9. The molecule has 2 nitrogen and oxygen atoms in total. The van der Waals surface area contributed by atoms with E-state index in [-0.39, 0.29) is 6.61 Å². The number of aromatic amines is 1. The van der Waals surface area contributed by atoms with Crippen LogP contribution in [0.25, 0.3) is 11.3 Å². The molecule has 0 aliphatic heterocycles. The van der Waals surface area contributed by atoms with Crippen molar-refractivity contribution in [3.63, 3.8) is 0 Å². The summed E-state index contributed by atoms with van der Waals surface area (Å²) in [5, 5.41) is 9.23. The fraction of sp³-hybridized carbons (Fsp3) is 0.333. The molecule has 1 heterocycles. The number of hydrogen-bond acceptors (Lipinski definition) is 1. The SMILES string of the molecule is Cc1ccc(-c2cc(CO)c(C)[nH]2)c(C)c1C. The molecular formula is C15H19NO. The van der Waals surface area contributed by atoms with Crippen molar-refractivity contribution in [1.29, 1.82) is 0 Å². The van der Waals surface area contributed by atoms with Gasteiger partial charge in [0.2, 0.25) is 0 Å². The van der Waals surface area contributed by atoms with E-state index < -0.39 is 0 Å². The van der Waals surface area contributed by atoms with Gasteiger partial charge in [-0.05, 0) is 56.0 Å². The quantitative estimate of drug-likeness (QED) is 0.813. The third-order valence-electron chi connectivity index (χ3n) is 3.64. The van der Waals surface area contributed by atoms with Crippen molar-refractivity contribution in [2.75, 3.05) is 0 Å². The fourth-order valence-corrected chi connectivity index (χ4v) is 2.16. The van der Waals surface area contributed by atoms with Crippen molar-refractivity contribution in [2.24, 2.45) is 0 Å². The molecular weight excluding hydrogens is 210 g/mol. The zero-order valence-electron chi connectivity index (χ0n) is 10.9. The number of rotatable bonds is 2. The molecule has 90 valence electrons. The summed E-state index contributed by atoms with van der Waals surface area (Å²) in [6, 6.07) is 6.32. The summed E-state index contributed by atoms with van der Waals surface area (Å²) >= 11 is 0. The summed E-state index contributed by atoms with van der Waals surface area (Å²) in [6.07, 6.45) is 0. The van der Waals surface area contributed by atoms with Gasteiger partial charge in [0.05, 0.1) is 6.61 Å². The first-order valence-corrected chi connectivity index (χ1v) is 5.91. The Morgan fingerprint density at radius 3 is 2.35 bits per heavy atom. The maximum absolute atomic E-state index is 9.23. The van der Waals surface area contributed by atoms with E-state index in [4.69, 9.17) is 0 Å². The van der Waals surface area contributed by atoms with Crippen molar-refractivity contribution in [1.82, 2.24) is 4.98 Å². The molecule has 0 aliphatic carbocycles. The zero-order chi connectivity index (χ0) is 12.6. The van der Waals surface area contributed by atoms with E-state index in [0.717, 1.165) is 17.0 Å². The maximum Gasteiger partial charge on any atom is 0.0699 e. The standard InChI is InChI=1S/C15H19NO/c1-9-5-6-14(11(3)10(9)2)15-7-13(8-17)12(4)16-15/h5-7,16-17H,8H2,1-4H3. The number of aromatic nitrogens is 1. The highest BCUT2D eigenvalue weighted by molar-refractivity contribution is 5.67. The van der Waals surface area contributed by atoms with E-state index in [2.05, 4.69) is 37.9 Å². The lowest BCUT2D eigenvalue weighted by molar-refractivity contribution is 0.281. The molecule has 0 fully saturated rings. The van der Waals surface area contributed by atoms with Gasteiger partial charge in [-0.3, -0.25) is 0 Å². The van der Waals surface area contributed by atoms with Crippen LogP contribution in [-0.2, 0) is 6.61 Å². The third kappa shape index (κ3) is 2.01. The molecule has 1 aromatic carbocycles. The molecule has 0 saturated heterocycles. The molecule has 0 aliphatic rings. The maximum atomic E-state index is 9.23. The molecule has 2 rings (SSSR count). The van der Waals surface area contributed by atoms with E-state index in [9.17, 15) is 5.11 Å². The second-order valence-electron chi connectivity index (χ2n) is 4.67. The lowest BCUT2D eigenvalue weighted by atomic mass is 9.97. The lowest BCUT2D eigenvalue weighted by Gasteiger charge is -2.09. The van der Waals surface area contributed by atoms with Crippen LogP contribution in [0.2, 0.25) is 0 Å². The van der Waals surface area contributed by atoms with Crippen LogP contribution in [0.4, 0.5) is 0 Å². The molecule has 0 atom stereocenters. The van der Waals surface area contributed by atoms with Crippen LogP contribution < -0.4 is 0 Å². The minimum Gasteiger partial charge on any atom is -0.392 e. The number of aliphatic hydroxyl groups is 1.